The van der Waals surface area contributed by atoms with Crippen LogP contribution in [-0.2, 0) is 11.3 Å². The van der Waals surface area contributed by atoms with E-state index >= 15 is 0 Å². The smallest absolute Gasteiger partial charge is 0.410 e. The molecule has 1 aliphatic rings. The van der Waals surface area contributed by atoms with Crippen LogP contribution in [0.25, 0.3) is 11.4 Å². The Morgan fingerprint density at radius 3 is 2.41 bits per heavy atom. The Bertz CT molecular complexity index is 1020. The summed E-state index contributed by atoms with van der Waals surface area (Å²) in [6.07, 6.45) is 1.28. The predicted molar refractivity (Wildman–Crippen MR) is 120 cm³/mol. The second-order valence-corrected chi connectivity index (χ2v) is 9.00. The van der Waals surface area contributed by atoms with E-state index in [1.807, 2.05) is 75.4 Å². The van der Waals surface area contributed by atoms with E-state index in [0.29, 0.717) is 31.4 Å². The number of piperidine rings is 1. The minimum Gasteiger partial charge on any atom is -0.489 e. The summed E-state index contributed by atoms with van der Waals surface area (Å²) in [5.41, 5.74) is 1.51. The first-order valence-corrected chi connectivity index (χ1v) is 11.0. The summed E-state index contributed by atoms with van der Waals surface area (Å²) >= 11 is 0. The number of rotatable bonds is 5. The van der Waals surface area contributed by atoms with Crippen molar-refractivity contribution in [1.29, 1.82) is 0 Å². The van der Waals surface area contributed by atoms with E-state index in [1.165, 1.54) is 0 Å². The normalized spacial score (nSPS) is 14.9. The van der Waals surface area contributed by atoms with Crippen molar-refractivity contribution < 1.29 is 18.8 Å². The van der Waals surface area contributed by atoms with Gasteiger partial charge in [0.1, 0.15) is 18.0 Å². The molecule has 0 saturated carbocycles. The highest BCUT2D eigenvalue weighted by atomic mass is 16.6. The van der Waals surface area contributed by atoms with Crippen LogP contribution in [0.5, 0.6) is 5.75 Å². The molecule has 0 N–H and O–H groups in total. The van der Waals surface area contributed by atoms with Gasteiger partial charge in [-0.3, -0.25) is 0 Å². The summed E-state index contributed by atoms with van der Waals surface area (Å²) in [4.78, 5) is 18.6. The monoisotopic (exact) mass is 435 g/mol. The van der Waals surface area contributed by atoms with E-state index in [1.54, 1.807) is 4.90 Å². The van der Waals surface area contributed by atoms with Gasteiger partial charge in [0.2, 0.25) is 11.7 Å². The molecule has 1 amide bonds. The van der Waals surface area contributed by atoms with Gasteiger partial charge in [0.15, 0.2) is 0 Å². The van der Waals surface area contributed by atoms with Crippen molar-refractivity contribution in [1.82, 2.24) is 15.0 Å². The fourth-order valence-corrected chi connectivity index (χ4v) is 3.59. The van der Waals surface area contributed by atoms with Crippen LogP contribution in [0.2, 0.25) is 0 Å². The molecular weight excluding hydrogens is 406 g/mol. The summed E-state index contributed by atoms with van der Waals surface area (Å²) in [6.45, 7) is 7.38. The first kappa shape index (κ1) is 21.9. The van der Waals surface area contributed by atoms with Crippen LogP contribution in [0.3, 0.4) is 0 Å². The van der Waals surface area contributed by atoms with Crippen molar-refractivity contribution in [2.75, 3.05) is 13.1 Å². The van der Waals surface area contributed by atoms with Gasteiger partial charge in [-0.25, -0.2) is 4.79 Å². The van der Waals surface area contributed by atoms with Crippen molar-refractivity contribution in [3.05, 3.63) is 66.1 Å². The third kappa shape index (κ3) is 5.66. The van der Waals surface area contributed by atoms with E-state index in [-0.39, 0.29) is 12.0 Å². The molecule has 0 bridgehead atoms. The molecular formula is C25H29N3O4. The molecule has 0 aliphatic carbocycles. The molecule has 2 heterocycles. The Balaban J connectivity index is 1.31. The number of nitrogens with zero attached hydrogens (tertiary/aromatic N) is 3. The number of hydrogen-bond acceptors (Lipinski definition) is 6. The minimum absolute atomic E-state index is 0.142. The molecule has 7 nitrogen and oxygen atoms in total. The predicted octanol–water partition coefficient (Wildman–Crippen LogP) is 5.43. The zero-order valence-corrected chi connectivity index (χ0v) is 18.8. The molecule has 1 saturated heterocycles. The van der Waals surface area contributed by atoms with Gasteiger partial charge in [0, 0.05) is 24.6 Å². The van der Waals surface area contributed by atoms with E-state index in [4.69, 9.17) is 14.0 Å². The molecule has 0 radical (unpaired) electrons. The third-order valence-corrected chi connectivity index (χ3v) is 5.30. The average Bonchev–Trinajstić information content (AvgIpc) is 3.28. The molecule has 0 spiro atoms. The van der Waals surface area contributed by atoms with Crippen molar-refractivity contribution in [2.24, 2.45) is 0 Å². The van der Waals surface area contributed by atoms with Crippen LogP contribution in [0.4, 0.5) is 4.79 Å². The lowest BCUT2D eigenvalue weighted by Gasteiger charge is -2.32. The molecule has 1 aromatic heterocycles. The number of likely N-dealkylation sites (tertiary alicyclic amines) is 1. The Hall–Kier alpha value is -3.35. The Labute approximate surface area is 188 Å². The van der Waals surface area contributed by atoms with Gasteiger partial charge in [-0.05, 0) is 63.4 Å². The molecule has 2 aromatic carbocycles. The fraction of sp³-hybridized carbons (Fsp3) is 0.400. The number of ether oxygens (including phenoxy) is 2. The van der Waals surface area contributed by atoms with Gasteiger partial charge in [-0.15, -0.1) is 0 Å². The highest BCUT2D eigenvalue weighted by molar-refractivity contribution is 5.68. The molecule has 1 fully saturated rings. The lowest BCUT2D eigenvalue weighted by Crippen LogP contribution is -2.41. The molecule has 1 aliphatic heterocycles. The molecule has 4 rings (SSSR count). The zero-order valence-electron chi connectivity index (χ0n) is 18.8. The standard InChI is InChI=1S/C25H29N3O4/c1-25(2,3)31-24(29)28-15-13-20(14-16-28)23-26-22(27-32-23)19-9-11-21(12-10-19)30-17-18-7-5-4-6-8-18/h4-12,20H,13-17H2,1-3H3. The summed E-state index contributed by atoms with van der Waals surface area (Å²) in [5, 5.41) is 4.16. The fourth-order valence-electron chi connectivity index (χ4n) is 3.59. The van der Waals surface area contributed by atoms with Gasteiger partial charge in [-0.2, -0.15) is 4.98 Å². The van der Waals surface area contributed by atoms with Gasteiger partial charge in [0.25, 0.3) is 0 Å². The first-order chi connectivity index (χ1) is 15.4. The number of amides is 1. The Morgan fingerprint density at radius 1 is 1.06 bits per heavy atom. The van der Waals surface area contributed by atoms with Gasteiger partial charge >= 0.3 is 6.09 Å². The lowest BCUT2D eigenvalue weighted by atomic mass is 9.97. The lowest BCUT2D eigenvalue weighted by molar-refractivity contribution is 0.0198. The highest BCUT2D eigenvalue weighted by Gasteiger charge is 2.30. The van der Waals surface area contributed by atoms with Crippen LogP contribution in [0.15, 0.2) is 59.1 Å². The maximum atomic E-state index is 12.2. The zero-order chi connectivity index (χ0) is 22.6. The van der Waals surface area contributed by atoms with Crippen LogP contribution >= 0.6 is 0 Å². The second-order valence-electron chi connectivity index (χ2n) is 9.00. The number of aromatic nitrogens is 2. The second kappa shape index (κ2) is 9.42. The number of carbonyl (C=O) groups is 1. The SMILES string of the molecule is CC(C)(C)OC(=O)N1CCC(c2nc(-c3ccc(OCc4ccccc4)cc3)no2)CC1. The van der Waals surface area contributed by atoms with Crippen molar-refractivity contribution in [2.45, 2.75) is 51.7 Å². The summed E-state index contributed by atoms with van der Waals surface area (Å²) < 4.78 is 16.8. The average molecular weight is 436 g/mol. The molecule has 7 heteroatoms. The quantitative estimate of drug-likeness (QED) is 0.532. The van der Waals surface area contributed by atoms with Crippen molar-refractivity contribution in [3.63, 3.8) is 0 Å². The largest absolute Gasteiger partial charge is 0.489 e. The maximum Gasteiger partial charge on any atom is 0.410 e. The van der Waals surface area contributed by atoms with Gasteiger partial charge in [0.05, 0.1) is 0 Å². The first-order valence-electron chi connectivity index (χ1n) is 11.0. The van der Waals surface area contributed by atoms with Crippen molar-refractivity contribution in [3.8, 4) is 17.1 Å². The molecule has 168 valence electrons. The third-order valence-electron chi connectivity index (χ3n) is 5.30. The number of carbonyl (C=O) groups excluding carboxylic acids is 1. The number of benzene rings is 2. The van der Waals surface area contributed by atoms with Crippen LogP contribution in [0.1, 0.15) is 51.0 Å². The number of hydrogen-bond donors (Lipinski definition) is 0. The van der Waals surface area contributed by atoms with Crippen LogP contribution in [0, 0.1) is 0 Å². The van der Waals surface area contributed by atoms with Crippen LogP contribution in [-0.4, -0.2) is 39.8 Å². The molecule has 0 unspecified atom stereocenters. The van der Waals surface area contributed by atoms with Gasteiger partial charge < -0.3 is 18.9 Å². The Kier molecular flexibility index (Phi) is 6.44. The summed E-state index contributed by atoms with van der Waals surface area (Å²) in [6, 6.07) is 17.7. The van der Waals surface area contributed by atoms with Crippen molar-refractivity contribution >= 4 is 6.09 Å². The molecule has 32 heavy (non-hydrogen) atoms. The highest BCUT2D eigenvalue weighted by Crippen LogP contribution is 2.29. The summed E-state index contributed by atoms with van der Waals surface area (Å²) in [5.74, 6) is 2.11. The topological polar surface area (TPSA) is 77.7 Å². The summed E-state index contributed by atoms with van der Waals surface area (Å²) in [7, 11) is 0. The molecule has 3 aromatic rings. The maximum absolute atomic E-state index is 12.2. The molecule has 0 atom stereocenters. The van der Waals surface area contributed by atoms with Gasteiger partial charge in [-0.1, -0.05) is 35.5 Å². The van der Waals surface area contributed by atoms with E-state index in [9.17, 15) is 4.79 Å². The van der Waals surface area contributed by atoms with E-state index < -0.39 is 5.60 Å². The van der Waals surface area contributed by atoms with E-state index in [2.05, 4.69) is 10.1 Å². The van der Waals surface area contributed by atoms with E-state index in [0.717, 1.165) is 29.7 Å². The minimum atomic E-state index is -0.489. The Morgan fingerprint density at radius 2 is 1.75 bits per heavy atom. The van der Waals surface area contributed by atoms with Crippen LogP contribution < -0.4 is 4.74 Å².